The molecule has 10 heteroatoms. The van der Waals surface area contributed by atoms with Crippen molar-refractivity contribution < 1.29 is 24.4 Å². The number of hydrogen-bond acceptors (Lipinski definition) is 8. The van der Waals surface area contributed by atoms with Crippen molar-refractivity contribution in [2.24, 2.45) is 0 Å². The van der Waals surface area contributed by atoms with Crippen LogP contribution in [-0.2, 0) is 9.59 Å². The summed E-state index contributed by atoms with van der Waals surface area (Å²) in [6.45, 7) is 2.31. The van der Waals surface area contributed by atoms with Crippen molar-refractivity contribution in [3.05, 3.63) is 86.9 Å². The number of thiazole rings is 1. The third kappa shape index (κ3) is 3.71. The van der Waals surface area contributed by atoms with E-state index in [-0.39, 0.29) is 22.2 Å². The zero-order valence-electron chi connectivity index (χ0n) is 16.8. The average molecular weight is 451 g/mol. The predicted octanol–water partition coefficient (Wildman–Crippen LogP) is 4.08. The molecule has 2 heterocycles. The van der Waals surface area contributed by atoms with E-state index in [1.54, 1.807) is 35.7 Å². The fraction of sp³-hybridized carbons (Fsp3) is 0.136. The van der Waals surface area contributed by atoms with E-state index >= 15 is 0 Å². The van der Waals surface area contributed by atoms with Gasteiger partial charge in [0.1, 0.15) is 11.5 Å². The van der Waals surface area contributed by atoms with Crippen molar-refractivity contribution in [3.8, 4) is 5.75 Å². The second-order valence-corrected chi connectivity index (χ2v) is 7.67. The van der Waals surface area contributed by atoms with Crippen molar-refractivity contribution >= 4 is 39.6 Å². The molecule has 32 heavy (non-hydrogen) atoms. The quantitative estimate of drug-likeness (QED) is 0.197. The van der Waals surface area contributed by atoms with E-state index in [9.17, 15) is 24.8 Å². The van der Waals surface area contributed by atoms with E-state index in [1.165, 1.54) is 24.4 Å². The smallest absolute Gasteiger partial charge is 0.301 e. The Morgan fingerprint density at radius 3 is 2.62 bits per heavy atom. The summed E-state index contributed by atoms with van der Waals surface area (Å²) in [5, 5.41) is 24.2. The van der Waals surface area contributed by atoms with Crippen LogP contribution in [0.25, 0.3) is 5.76 Å². The van der Waals surface area contributed by atoms with Gasteiger partial charge < -0.3 is 9.84 Å². The van der Waals surface area contributed by atoms with Crippen LogP contribution < -0.4 is 9.64 Å². The topological polar surface area (TPSA) is 123 Å². The van der Waals surface area contributed by atoms with E-state index in [0.717, 1.165) is 16.2 Å². The van der Waals surface area contributed by atoms with Crippen LogP contribution in [0.5, 0.6) is 5.75 Å². The first-order chi connectivity index (χ1) is 15.4. The van der Waals surface area contributed by atoms with Crippen LogP contribution in [-0.4, -0.2) is 33.3 Å². The second-order valence-electron chi connectivity index (χ2n) is 6.79. The van der Waals surface area contributed by atoms with E-state index in [1.807, 2.05) is 6.92 Å². The van der Waals surface area contributed by atoms with Gasteiger partial charge >= 0.3 is 5.91 Å². The minimum Gasteiger partial charge on any atom is -0.507 e. The third-order valence-corrected chi connectivity index (χ3v) is 5.68. The Hall–Kier alpha value is -4.05. The van der Waals surface area contributed by atoms with E-state index in [0.29, 0.717) is 23.5 Å². The fourth-order valence-corrected chi connectivity index (χ4v) is 4.19. The molecule has 1 fully saturated rings. The molecule has 162 valence electrons. The van der Waals surface area contributed by atoms with Gasteiger partial charge in [0.05, 0.1) is 23.1 Å². The number of hydrogen-bond donors (Lipinski definition) is 1. The van der Waals surface area contributed by atoms with Gasteiger partial charge in [0.2, 0.25) is 0 Å². The zero-order valence-corrected chi connectivity index (χ0v) is 17.6. The van der Waals surface area contributed by atoms with Crippen LogP contribution in [0.15, 0.2) is 65.7 Å². The molecule has 0 spiro atoms. The Morgan fingerprint density at radius 2 is 2.00 bits per heavy atom. The Kier molecular flexibility index (Phi) is 5.69. The Bertz CT molecular complexity index is 1220. The standard InChI is InChI=1S/C22H17N3O6S/c1-2-31-16-8-6-13(7-9-16)19(26)17-18(14-4-3-5-15(12-14)25(29)30)24(21(28)20(17)27)22-23-10-11-32-22/h3-12,18,26H,2H2,1H3/b19-17-. The first-order valence-electron chi connectivity index (χ1n) is 9.60. The fourth-order valence-electron chi connectivity index (χ4n) is 3.52. The molecule has 0 saturated carbocycles. The monoisotopic (exact) mass is 451 g/mol. The molecule has 1 aromatic heterocycles. The van der Waals surface area contributed by atoms with Gasteiger partial charge in [-0.2, -0.15) is 0 Å². The van der Waals surface area contributed by atoms with Crippen LogP contribution >= 0.6 is 11.3 Å². The van der Waals surface area contributed by atoms with Gasteiger partial charge in [-0.05, 0) is 36.8 Å². The first kappa shape index (κ1) is 21.2. The molecule has 0 bridgehead atoms. The number of benzene rings is 2. The zero-order chi connectivity index (χ0) is 22.8. The third-order valence-electron chi connectivity index (χ3n) is 4.91. The Labute approximate surface area is 186 Å². The molecule has 9 nitrogen and oxygen atoms in total. The number of carbonyl (C=O) groups excluding carboxylic acids is 2. The highest BCUT2D eigenvalue weighted by molar-refractivity contribution is 7.14. The SMILES string of the molecule is CCOc1ccc(/C(O)=C2/C(=O)C(=O)N(c3nccs3)C2c2cccc([N+](=O)[O-])c2)cc1. The summed E-state index contributed by atoms with van der Waals surface area (Å²) in [5.74, 6) is -1.57. The number of ether oxygens (including phenoxy) is 1. The molecule has 1 aliphatic heterocycles. The Balaban J connectivity index is 1.90. The second kappa shape index (κ2) is 8.60. The molecule has 1 saturated heterocycles. The lowest BCUT2D eigenvalue weighted by atomic mass is 9.95. The van der Waals surface area contributed by atoms with Crippen molar-refractivity contribution in [2.75, 3.05) is 11.5 Å². The first-order valence-corrected chi connectivity index (χ1v) is 10.5. The van der Waals surface area contributed by atoms with Gasteiger partial charge in [-0.3, -0.25) is 24.6 Å². The molecule has 1 unspecified atom stereocenters. The summed E-state index contributed by atoms with van der Waals surface area (Å²) >= 11 is 1.14. The van der Waals surface area contributed by atoms with Crippen LogP contribution in [0.3, 0.4) is 0 Å². The summed E-state index contributed by atoms with van der Waals surface area (Å²) in [6, 6.07) is 11.0. The van der Waals surface area contributed by atoms with Crippen molar-refractivity contribution in [1.82, 2.24) is 4.98 Å². The maximum absolute atomic E-state index is 13.0. The number of Topliss-reactive ketones (excluding diaryl/α,β-unsaturated/α-hetero) is 1. The van der Waals surface area contributed by atoms with E-state index < -0.39 is 22.7 Å². The maximum atomic E-state index is 13.0. The summed E-state index contributed by atoms with van der Waals surface area (Å²) in [5.41, 5.74) is 0.241. The minimum absolute atomic E-state index is 0.171. The number of nitro groups is 1. The van der Waals surface area contributed by atoms with Gasteiger partial charge in [0, 0.05) is 29.3 Å². The number of ketones is 1. The molecule has 2 aromatic carbocycles. The lowest BCUT2D eigenvalue weighted by molar-refractivity contribution is -0.384. The molecule has 1 atom stereocenters. The molecular formula is C22H17N3O6S. The van der Waals surface area contributed by atoms with E-state index in [2.05, 4.69) is 4.98 Å². The van der Waals surface area contributed by atoms with E-state index in [4.69, 9.17) is 4.74 Å². The number of carbonyl (C=O) groups is 2. The highest BCUT2D eigenvalue weighted by Gasteiger charge is 2.48. The molecule has 0 radical (unpaired) electrons. The van der Waals surface area contributed by atoms with Crippen LogP contribution in [0.2, 0.25) is 0 Å². The predicted molar refractivity (Wildman–Crippen MR) is 118 cm³/mol. The van der Waals surface area contributed by atoms with Crippen LogP contribution in [0.1, 0.15) is 24.1 Å². The summed E-state index contributed by atoms with van der Waals surface area (Å²) in [4.78, 5) is 42.0. The van der Waals surface area contributed by atoms with Gasteiger partial charge in [-0.15, -0.1) is 11.3 Å². The number of rotatable bonds is 6. The molecule has 1 amide bonds. The number of aliphatic hydroxyl groups excluding tert-OH is 1. The van der Waals surface area contributed by atoms with Crippen molar-refractivity contribution in [2.45, 2.75) is 13.0 Å². The molecule has 4 rings (SSSR count). The van der Waals surface area contributed by atoms with Gasteiger partial charge in [0.25, 0.3) is 11.5 Å². The van der Waals surface area contributed by atoms with Crippen molar-refractivity contribution in [3.63, 3.8) is 0 Å². The van der Waals surface area contributed by atoms with Gasteiger partial charge in [-0.25, -0.2) is 4.98 Å². The highest BCUT2D eigenvalue weighted by atomic mass is 32.1. The summed E-state index contributed by atoms with van der Waals surface area (Å²) in [7, 11) is 0. The number of nitro benzene ring substituents is 1. The van der Waals surface area contributed by atoms with Crippen LogP contribution in [0.4, 0.5) is 10.8 Å². The van der Waals surface area contributed by atoms with Crippen LogP contribution in [0, 0.1) is 10.1 Å². The molecule has 1 aliphatic rings. The van der Waals surface area contributed by atoms with Gasteiger partial charge in [-0.1, -0.05) is 12.1 Å². The summed E-state index contributed by atoms with van der Waals surface area (Å²) in [6.07, 6.45) is 1.48. The van der Waals surface area contributed by atoms with Crippen molar-refractivity contribution in [1.29, 1.82) is 0 Å². The lowest BCUT2D eigenvalue weighted by Gasteiger charge is -2.22. The lowest BCUT2D eigenvalue weighted by Crippen LogP contribution is -2.29. The average Bonchev–Trinajstić information content (AvgIpc) is 3.41. The Morgan fingerprint density at radius 1 is 1.25 bits per heavy atom. The highest BCUT2D eigenvalue weighted by Crippen LogP contribution is 2.43. The number of nitrogens with zero attached hydrogens (tertiary/aromatic N) is 3. The summed E-state index contributed by atoms with van der Waals surface area (Å²) < 4.78 is 5.40. The molecular weight excluding hydrogens is 434 g/mol. The molecule has 3 aromatic rings. The molecule has 0 aliphatic carbocycles. The number of anilines is 1. The number of aromatic nitrogens is 1. The number of non-ortho nitro benzene ring substituents is 1. The largest absolute Gasteiger partial charge is 0.507 e. The molecule has 1 N–H and O–H groups in total. The maximum Gasteiger partial charge on any atom is 0.301 e. The minimum atomic E-state index is -1.08. The van der Waals surface area contributed by atoms with Gasteiger partial charge in [0.15, 0.2) is 5.13 Å². The number of amides is 1. The number of aliphatic hydroxyl groups is 1. The normalized spacial score (nSPS) is 17.5.